The number of likely N-dealkylation sites (tertiary alicyclic amines) is 1. The second-order valence-corrected chi connectivity index (χ2v) is 15.0. The third-order valence-electron chi connectivity index (χ3n) is 7.31. The summed E-state index contributed by atoms with van der Waals surface area (Å²) < 4.78 is 60.1. The highest BCUT2D eigenvalue weighted by molar-refractivity contribution is 7.92. The summed E-state index contributed by atoms with van der Waals surface area (Å²) in [5.41, 5.74) is -1.74. The van der Waals surface area contributed by atoms with Gasteiger partial charge in [-0.3, -0.25) is 4.90 Å². The molecule has 2 aromatic carbocycles. The van der Waals surface area contributed by atoms with Gasteiger partial charge in [0.2, 0.25) is 0 Å². The van der Waals surface area contributed by atoms with Gasteiger partial charge < -0.3 is 4.74 Å². The SMILES string of the molecule is CC(C)(C)OC(=O)N1C(S(=O)(=O)c2ccccc2)CC[C@]12CCCC[C@H]2CS(=O)(=O)c1ccccc1. The van der Waals surface area contributed by atoms with Crippen LogP contribution in [0, 0.1) is 5.92 Å². The monoisotopic (exact) mass is 533 g/mol. The largest absolute Gasteiger partial charge is 0.444 e. The topological polar surface area (TPSA) is 97.8 Å². The Morgan fingerprint density at radius 1 is 0.889 bits per heavy atom. The Bertz CT molecular complexity index is 1290. The van der Waals surface area contributed by atoms with Crippen molar-refractivity contribution in [3.05, 3.63) is 60.7 Å². The Hall–Kier alpha value is -2.39. The van der Waals surface area contributed by atoms with Gasteiger partial charge in [-0.15, -0.1) is 0 Å². The fourth-order valence-electron chi connectivity index (χ4n) is 5.75. The molecular formula is C27H35NO6S2. The van der Waals surface area contributed by atoms with E-state index in [1.807, 2.05) is 0 Å². The standard InChI is InChI=1S/C27H35NO6S2/c1-26(2,3)34-25(29)28-24(36(32,33)23-15-8-5-9-16-23)17-19-27(28)18-11-10-12-21(27)20-35(30,31)22-13-6-4-7-14-22/h4-9,13-16,21,24H,10-12,17-20H2,1-3H3/t21-,24?,27-/m0/s1. The van der Waals surface area contributed by atoms with Crippen molar-refractivity contribution in [2.75, 3.05) is 5.75 Å². The van der Waals surface area contributed by atoms with Gasteiger partial charge in [-0.25, -0.2) is 21.6 Å². The number of rotatable bonds is 5. The van der Waals surface area contributed by atoms with Gasteiger partial charge in [0.05, 0.1) is 21.1 Å². The molecule has 1 aliphatic carbocycles. The molecule has 2 aliphatic rings. The zero-order valence-corrected chi connectivity index (χ0v) is 22.7. The molecule has 36 heavy (non-hydrogen) atoms. The summed E-state index contributed by atoms with van der Waals surface area (Å²) in [6.45, 7) is 5.23. The lowest BCUT2D eigenvalue weighted by molar-refractivity contribution is -0.0167. The van der Waals surface area contributed by atoms with Crippen molar-refractivity contribution in [3.8, 4) is 0 Å². The molecule has 196 valence electrons. The minimum absolute atomic E-state index is 0.143. The molecule has 1 amide bonds. The van der Waals surface area contributed by atoms with E-state index in [9.17, 15) is 21.6 Å². The maximum atomic E-state index is 13.8. The van der Waals surface area contributed by atoms with Crippen molar-refractivity contribution in [2.45, 2.75) is 85.6 Å². The molecule has 0 radical (unpaired) electrons. The normalized spacial score (nSPS) is 25.1. The van der Waals surface area contributed by atoms with E-state index in [1.54, 1.807) is 69.3 Å². The Kier molecular flexibility index (Phi) is 7.27. The number of hydrogen-bond acceptors (Lipinski definition) is 6. The number of benzene rings is 2. The lowest BCUT2D eigenvalue weighted by atomic mass is 9.72. The second kappa shape index (κ2) is 9.82. The van der Waals surface area contributed by atoms with Crippen LogP contribution in [0.15, 0.2) is 70.5 Å². The highest BCUT2D eigenvalue weighted by Crippen LogP contribution is 2.51. The average molecular weight is 534 g/mol. The zero-order chi connectivity index (χ0) is 26.2. The zero-order valence-electron chi connectivity index (χ0n) is 21.1. The molecule has 1 aliphatic heterocycles. The molecule has 0 aromatic heterocycles. The predicted octanol–water partition coefficient (Wildman–Crippen LogP) is 5.22. The Morgan fingerprint density at radius 2 is 1.47 bits per heavy atom. The molecule has 7 nitrogen and oxygen atoms in total. The van der Waals surface area contributed by atoms with Gasteiger partial charge in [0, 0.05) is 0 Å². The van der Waals surface area contributed by atoms with Crippen molar-refractivity contribution in [1.29, 1.82) is 0 Å². The fourth-order valence-corrected chi connectivity index (χ4v) is 9.37. The van der Waals surface area contributed by atoms with E-state index in [0.717, 1.165) is 12.8 Å². The first-order valence-electron chi connectivity index (χ1n) is 12.5. The summed E-state index contributed by atoms with van der Waals surface area (Å²) in [6, 6.07) is 16.4. The molecule has 9 heteroatoms. The number of nitrogens with zero attached hydrogens (tertiary/aromatic N) is 1. The summed E-state index contributed by atoms with van der Waals surface area (Å²) in [4.78, 5) is 15.5. The summed E-state index contributed by atoms with van der Waals surface area (Å²) in [7, 11) is -7.55. The first-order chi connectivity index (χ1) is 16.9. The van der Waals surface area contributed by atoms with E-state index < -0.39 is 48.2 Å². The van der Waals surface area contributed by atoms with Gasteiger partial charge in [0.15, 0.2) is 19.7 Å². The predicted molar refractivity (Wildman–Crippen MR) is 138 cm³/mol. The third kappa shape index (κ3) is 5.18. The Balaban J connectivity index is 1.78. The van der Waals surface area contributed by atoms with Gasteiger partial charge in [0.25, 0.3) is 0 Å². The molecule has 1 saturated heterocycles. The molecule has 0 bridgehead atoms. The summed E-state index contributed by atoms with van der Waals surface area (Å²) >= 11 is 0. The Labute approximate surface area is 214 Å². The maximum Gasteiger partial charge on any atom is 0.411 e. The second-order valence-electron chi connectivity index (χ2n) is 10.8. The fraction of sp³-hybridized carbons (Fsp3) is 0.519. The van der Waals surface area contributed by atoms with Gasteiger partial charge >= 0.3 is 6.09 Å². The summed E-state index contributed by atoms with van der Waals surface area (Å²) in [5, 5.41) is -1.12. The molecule has 3 atom stereocenters. The minimum Gasteiger partial charge on any atom is -0.444 e. The van der Waals surface area contributed by atoms with E-state index in [-0.39, 0.29) is 22.0 Å². The van der Waals surface area contributed by atoms with Crippen molar-refractivity contribution in [3.63, 3.8) is 0 Å². The van der Waals surface area contributed by atoms with E-state index in [1.165, 1.54) is 17.0 Å². The van der Waals surface area contributed by atoms with Crippen LogP contribution < -0.4 is 0 Å². The number of amides is 1. The van der Waals surface area contributed by atoms with Gasteiger partial charge in [-0.05, 0) is 76.6 Å². The van der Waals surface area contributed by atoms with Crippen LogP contribution in [-0.2, 0) is 24.4 Å². The van der Waals surface area contributed by atoms with Crippen molar-refractivity contribution < 1.29 is 26.4 Å². The smallest absolute Gasteiger partial charge is 0.411 e. The number of carbonyl (C=O) groups is 1. The van der Waals surface area contributed by atoms with Crippen LogP contribution in [0.3, 0.4) is 0 Å². The van der Waals surface area contributed by atoms with Crippen LogP contribution in [0.25, 0.3) is 0 Å². The molecule has 1 spiro atoms. The van der Waals surface area contributed by atoms with E-state index in [2.05, 4.69) is 0 Å². The first kappa shape index (κ1) is 26.7. The van der Waals surface area contributed by atoms with Gasteiger partial charge in [-0.2, -0.15) is 0 Å². The highest BCUT2D eigenvalue weighted by Gasteiger charge is 2.59. The lowest BCUT2D eigenvalue weighted by Gasteiger charge is -2.48. The molecule has 2 aromatic rings. The van der Waals surface area contributed by atoms with Crippen molar-refractivity contribution >= 4 is 25.8 Å². The quantitative estimate of drug-likeness (QED) is 0.523. The first-order valence-corrected chi connectivity index (χ1v) is 15.7. The molecule has 1 unspecified atom stereocenters. The van der Waals surface area contributed by atoms with Crippen LogP contribution in [0.2, 0.25) is 0 Å². The van der Waals surface area contributed by atoms with Crippen LogP contribution in [0.4, 0.5) is 4.79 Å². The number of sulfone groups is 2. The number of ether oxygens (including phenoxy) is 1. The van der Waals surface area contributed by atoms with Crippen LogP contribution >= 0.6 is 0 Å². The molecular weight excluding hydrogens is 498 g/mol. The number of hydrogen-bond donors (Lipinski definition) is 0. The van der Waals surface area contributed by atoms with Crippen molar-refractivity contribution in [1.82, 2.24) is 4.90 Å². The number of carbonyl (C=O) groups excluding carboxylic acids is 1. The van der Waals surface area contributed by atoms with Crippen LogP contribution in [0.1, 0.15) is 59.3 Å². The van der Waals surface area contributed by atoms with Crippen LogP contribution in [0.5, 0.6) is 0 Å². The summed E-state index contributed by atoms with van der Waals surface area (Å²) in [6.07, 6.45) is 2.71. The van der Waals surface area contributed by atoms with Crippen LogP contribution in [-0.4, -0.2) is 50.1 Å². The highest BCUT2D eigenvalue weighted by atomic mass is 32.2. The molecule has 4 rings (SSSR count). The lowest BCUT2D eigenvalue weighted by Crippen LogP contribution is -2.59. The average Bonchev–Trinajstić information content (AvgIpc) is 3.21. The van der Waals surface area contributed by atoms with E-state index in [0.29, 0.717) is 19.3 Å². The Morgan fingerprint density at radius 3 is 2.06 bits per heavy atom. The molecule has 2 fully saturated rings. The van der Waals surface area contributed by atoms with Crippen molar-refractivity contribution in [2.24, 2.45) is 5.92 Å². The van der Waals surface area contributed by atoms with E-state index >= 15 is 0 Å². The molecule has 1 saturated carbocycles. The minimum atomic E-state index is -3.91. The maximum absolute atomic E-state index is 13.8. The van der Waals surface area contributed by atoms with Gasteiger partial charge in [-0.1, -0.05) is 49.2 Å². The summed E-state index contributed by atoms with van der Waals surface area (Å²) in [5.74, 6) is -0.547. The molecule has 1 heterocycles. The van der Waals surface area contributed by atoms with E-state index in [4.69, 9.17) is 4.74 Å². The molecule has 0 N–H and O–H groups in total. The van der Waals surface area contributed by atoms with Gasteiger partial charge in [0.1, 0.15) is 11.0 Å². The third-order valence-corrected chi connectivity index (χ3v) is 11.2.